The summed E-state index contributed by atoms with van der Waals surface area (Å²) in [7, 11) is 0. The first-order valence-corrected chi connectivity index (χ1v) is 17.3. The number of hydrogen-bond donors (Lipinski definition) is 0. The number of fused-ring (bicyclic) bond motifs is 3. The minimum Gasteiger partial charge on any atom is -0.311 e. The van der Waals surface area contributed by atoms with Gasteiger partial charge in [0.2, 0.25) is 0 Å². The number of benzene rings is 7. The summed E-state index contributed by atoms with van der Waals surface area (Å²) >= 11 is 0. The molecule has 0 amide bonds. The second kappa shape index (κ2) is 14.0. The van der Waals surface area contributed by atoms with Crippen LogP contribution >= 0.6 is 0 Å². The lowest BCUT2D eigenvalue weighted by Crippen LogP contribution is -2.15. The molecule has 7 aromatic carbocycles. The number of hydrogen-bond acceptors (Lipinski definition) is 1. The van der Waals surface area contributed by atoms with Gasteiger partial charge in [-0.25, -0.2) is 0 Å². The molecule has 0 fully saturated rings. The summed E-state index contributed by atoms with van der Waals surface area (Å²) in [5, 5.41) is 2.55. The third-order valence-electron chi connectivity index (χ3n) is 9.44. The second-order valence-electron chi connectivity index (χ2n) is 12.5. The number of rotatable bonds is 9. The van der Waals surface area contributed by atoms with Crippen molar-refractivity contribution >= 4 is 33.2 Å². The van der Waals surface area contributed by atoms with Crippen LogP contribution in [0, 0.1) is 0 Å². The summed E-state index contributed by atoms with van der Waals surface area (Å²) in [6.45, 7) is 2.11. The quantitative estimate of drug-likeness (QED) is 0.142. The van der Waals surface area contributed by atoms with Gasteiger partial charge in [-0.05, 0) is 95.8 Å². The standard InChI is InChI=1S/C48H38N2/c1-2-41(19-13-16-36-14-5-3-6-15-36)49(42-30-24-38(25-31-42)37-17-7-4-8-18-37)43-32-26-39(27-33-43)40-28-34-44(35-29-40)50-47-22-11-9-20-45(47)46-21-10-12-23-48(46)50/h2-15,17-35H,16H2,1H3/b19-13-,41-2+. The van der Waals surface area contributed by atoms with E-state index in [0.29, 0.717) is 0 Å². The Labute approximate surface area is 294 Å². The highest BCUT2D eigenvalue weighted by molar-refractivity contribution is 6.09. The average Bonchev–Trinajstić information content (AvgIpc) is 3.53. The normalized spacial score (nSPS) is 11.8. The van der Waals surface area contributed by atoms with Crippen molar-refractivity contribution in [2.24, 2.45) is 0 Å². The van der Waals surface area contributed by atoms with E-state index in [0.717, 1.165) is 29.2 Å². The molecule has 0 bridgehead atoms. The topological polar surface area (TPSA) is 8.17 Å². The van der Waals surface area contributed by atoms with Gasteiger partial charge in [0.1, 0.15) is 0 Å². The predicted molar refractivity (Wildman–Crippen MR) is 213 cm³/mol. The molecule has 1 aromatic heterocycles. The maximum absolute atomic E-state index is 2.36. The van der Waals surface area contributed by atoms with Gasteiger partial charge < -0.3 is 9.47 Å². The van der Waals surface area contributed by atoms with Crippen LogP contribution in [-0.4, -0.2) is 4.57 Å². The summed E-state index contributed by atoms with van der Waals surface area (Å²) in [5.74, 6) is 0. The van der Waals surface area contributed by atoms with Crippen LogP contribution < -0.4 is 4.90 Å². The van der Waals surface area contributed by atoms with Crippen molar-refractivity contribution in [2.45, 2.75) is 13.3 Å². The fourth-order valence-corrected chi connectivity index (χ4v) is 6.92. The molecule has 0 atom stereocenters. The highest BCUT2D eigenvalue weighted by atomic mass is 15.1. The van der Waals surface area contributed by atoms with Crippen molar-refractivity contribution in [3.05, 3.63) is 211 Å². The fourth-order valence-electron chi connectivity index (χ4n) is 6.92. The number of para-hydroxylation sites is 2. The van der Waals surface area contributed by atoms with Gasteiger partial charge in [-0.2, -0.15) is 0 Å². The van der Waals surface area contributed by atoms with E-state index < -0.39 is 0 Å². The Morgan fingerprint density at radius 1 is 0.480 bits per heavy atom. The summed E-state index contributed by atoms with van der Waals surface area (Å²) in [5.41, 5.74) is 13.0. The van der Waals surface area contributed by atoms with Gasteiger partial charge in [0.05, 0.1) is 11.0 Å². The Balaban J connectivity index is 1.11. The smallest absolute Gasteiger partial charge is 0.0541 e. The molecule has 2 heteroatoms. The number of allylic oxidation sites excluding steroid dienone is 3. The number of aromatic nitrogens is 1. The monoisotopic (exact) mass is 642 g/mol. The fraction of sp³-hybridized carbons (Fsp3) is 0.0417. The zero-order valence-corrected chi connectivity index (χ0v) is 28.2. The van der Waals surface area contributed by atoms with Crippen LogP contribution in [0.1, 0.15) is 12.5 Å². The molecular formula is C48H38N2. The zero-order chi connectivity index (χ0) is 33.7. The SMILES string of the molecule is C/C=C(\C=C/Cc1ccccc1)N(c1ccc(-c2ccccc2)cc1)c1ccc(-c2ccc(-n3c4ccccc4c4ccccc43)cc2)cc1. The molecule has 0 N–H and O–H groups in total. The highest BCUT2D eigenvalue weighted by Gasteiger charge is 2.15. The molecule has 0 saturated carbocycles. The summed E-state index contributed by atoms with van der Waals surface area (Å²) < 4.78 is 2.36. The molecule has 0 spiro atoms. The van der Waals surface area contributed by atoms with Crippen molar-refractivity contribution in [1.29, 1.82) is 0 Å². The molecule has 0 radical (unpaired) electrons. The van der Waals surface area contributed by atoms with Crippen LogP contribution in [-0.2, 0) is 6.42 Å². The molecule has 0 aliphatic rings. The predicted octanol–water partition coefficient (Wildman–Crippen LogP) is 13.0. The van der Waals surface area contributed by atoms with Crippen molar-refractivity contribution in [2.75, 3.05) is 4.90 Å². The first-order valence-electron chi connectivity index (χ1n) is 17.3. The third-order valence-corrected chi connectivity index (χ3v) is 9.44. The highest BCUT2D eigenvalue weighted by Crippen LogP contribution is 2.35. The van der Waals surface area contributed by atoms with Gasteiger partial charge in [-0.1, -0.05) is 146 Å². The van der Waals surface area contributed by atoms with Gasteiger partial charge in [0, 0.05) is 33.5 Å². The summed E-state index contributed by atoms with van der Waals surface area (Å²) in [4.78, 5) is 2.34. The van der Waals surface area contributed by atoms with Crippen molar-refractivity contribution in [3.63, 3.8) is 0 Å². The van der Waals surface area contributed by atoms with Crippen LogP contribution in [0.2, 0.25) is 0 Å². The zero-order valence-electron chi connectivity index (χ0n) is 28.2. The first kappa shape index (κ1) is 30.9. The first-order chi connectivity index (χ1) is 24.8. The molecule has 1 heterocycles. The summed E-state index contributed by atoms with van der Waals surface area (Å²) in [6.07, 6.45) is 7.55. The lowest BCUT2D eigenvalue weighted by atomic mass is 10.0. The van der Waals surface area contributed by atoms with Crippen molar-refractivity contribution < 1.29 is 0 Å². The lowest BCUT2D eigenvalue weighted by molar-refractivity contribution is 1.18. The molecular weight excluding hydrogens is 605 g/mol. The number of anilines is 2. The Morgan fingerprint density at radius 2 is 0.920 bits per heavy atom. The van der Waals surface area contributed by atoms with Gasteiger partial charge in [-0.15, -0.1) is 0 Å². The van der Waals surface area contributed by atoms with Crippen molar-refractivity contribution in [1.82, 2.24) is 4.57 Å². The Hall–Kier alpha value is -6.38. The maximum Gasteiger partial charge on any atom is 0.0541 e. The molecule has 240 valence electrons. The average molecular weight is 643 g/mol. The van der Waals surface area contributed by atoms with Gasteiger partial charge in [0.15, 0.2) is 0 Å². The van der Waals surface area contributed by atoms with E-state index >= 15 is 0 Å². The van der Waals surface area contributed by atoms with Crippen LogP contribution in [0.25, 0.3) is 49.7 Å². The van der Waals surface area contributed by atoms with Crippen LogP contribution in [0.3, 0.4) is 0 Å². The molecule has 0 aliphatic heterocycles. The van der Waals surface area contributed by atoms with Crippen molar-refractivity contribution in [3.8, 4) is 27.9 Å². The van der Waals surface area contributed by atoms with E-state index in [4.69, 9.17) is 0 Å². The van der Waals surface area contributed by atoms with E-state index in [2.05, 4.69) is 217 Å². The third kappa shape index (κ3) is 6.16. The molecule has 8 rings (SSSR count). The van der Waals surface area contributed by atoms with E-state index in [1.165, 1.54) is 49.6 Å². The van der Waals surface area contributed by atoms with E-state index in [-0.39, 0.29) is 0 Å². The lowest BCUT2D eigenvalue weighted by Gasteiger charge is -2.27. The minimum absolute atomic E-state index is 0.877. The Morgan fingerprint density at radius 3 is 1.44 bits per heavy atom. The van der Waals surface area contributed by atoms with E-state index in [9.17, 15) is 0 Å². The molecule has 0 unspecified atom stereocenters. The Kier molecular flexibility index (Phi) is 8.66. The van der Waals surface area contributed by atoms with Gasteiger partial charge >= 0.3 is 0 Å². The number of nitrogens with zero attached hydrogens (tertiary/aromatic N) is 2. The molecule has 0 saturated heterocycles. The van der Waals surface area contributed by atoms with Crippen LogP contribution in [0.15, 0.2) is 206 Å². The molecule has 50 heavy (non-hydrogen) atoms. The minimum atomic E-state index is 0.877. The molecule has 8 aromatic rings. The van der Waals surface area contributed by atoms with E-state index in [1.54, 1.807) is 0 Å². The van der Waals surface area contributed by atoms with Gasteiger partial charge in [0.25, 0.3) is 0 Å². The van der Waals surface area contributed by atoms with Gasteiger partial charge in [-0.3, -0.25) is 0 Å². The van der Waals surface area contributed by atoms with Crippen LogP contribution in [0.4, 0.5) is 11.4 Å². The maximum atomic E-state index is 2.36. The molecule has 2 nitrogen and oxygen atoms in total. The Bertz CT molecular complexity index is 2360. The summed E-state index contributed by atoms with van der Waals surface area (Å²) in [6, 6.07) is 65.2. The second-order valence-corrected chi connectivity index (χ2v) is 12.5. The molecule has 0 aliphatic carbocycles. The van der Waals surface area contributed by atoms with Crippen LogP contribution in [0.5, 0.6) is 0 Å². The van der Waals surface area contributed by atoms with E-state index in [1.807, 2.05) is 0 Å². The largest absolute Gasteiger partial charge is 0.311 e.